The lowest BCUT2D eigenvalue weighted by Gasteiger charge is -2.11. The third-order valence-corrected chi connectivity index (χ3v) is 5.13. The number of aromatic nitrogens is 2. The van der Waals surface area contributed by atoms with Gasteiger partial charge in [0.1, 0.15) is 5.69 Å². The third kappa shape index (κ3) is 4.85. The molecule has 0 saturated heterocycles. The number of nitrogens with zero attached hydrogens (tertiary/aromatic N) is 2. The van der Waals surface area contributed by atoms with Crippen LogP contribution in [0.15, 0.2) is 59.4 Å². The van der Waals surface area contributed by atoms with Gasteiger partial charge >= 0.3 is 5.69 Å². The summed E-state index contributed by atoms with van der Waals surface area (Å²) >= 11 is 0. The Morgan fingerprint density at radius 1 is 1.00 bits per heavy atom. The minimum Gasteiger partial charge on any atom is -0.354 e. The van der Waals surface area contributed by atoms with E-state index in [2.05, 4.69) is 5.32 Å². The first-order chi connectivity index (χ1) is 14.8. The van der Waals surface area contributed by atoms with E-state index in [1.165, 1.54) is 11.5 Å². The third-order valence-electron chi connectivity index (χ3n) is 5.13. The lowest BCUT2D eigenvalue weighted by atomic mass is 10.1. The van der Waals surface area contributed by atoms with Crippen LogP contribution in [0.4, 0.5) is 0 Å². The van der Waals surface area contributed by atoms with Gasteiger partial charge in [-0.05, 0) is 24.5 Å². The molecule has 0 aliphatic rings. The second-order valence-corrected chi connectivity index (χ2v) is 8.12. The zero-order valence-corrected chi connectivity index (χ0v) is 18.5. The molecule has 0 unspecified atom stereocenters. The lowest BCUT2D eigenvalue weighted by Crippen LogP contribution is -2.33. The Kier molecular flexibility index (Phi) is 6.90. The molecule has 0 bridgehead atoms. The van der Waals surface area contributed by atoms with E-state index in [9.17, 15) is 14.4 Å². The van der Waals surface area contributed by atoms with Crippen LogP contribution in [0.2, 0.25) is 0 Å². The van der Waals surface area contributed by atoms with Crippen LogP contribution < -0.4 is 11.0 Å². The van der Waals surface area contributed by atoms with Gasteiger partial charge in [0.15, 0.2) is 5.78 Å². The molecule has 6 nitrogen and oxygen atoms in total. The van der Waals surface area contributed by atoms with Gasteiger partial charge in [0, 0.05) is 32.0 Å². The summed E-state index contributed by atoms with van der Waals surface area (Å²) in [6.07, 6.45) is 0.425. The van der Waals surface area contributed by atoms with Crippen molar-refractivity contribution in [2.24, 2.45) is 5.92 Å². The molecule has 3 rings (SSSR count). The number of hydrogen-bond acceptors (Lipinski definition) is 3. The fourth-order valence-electron chi connectivity index (χ4n) is 3.76. The number of ketones is 1. The van der Waals surface area contributed by atoms with Gasteiger partial charge in [-0.3, -0.25) is 18.7 Å². The second-order valence-electron chi connectivity index (χ2n) is 8.12. The predicted molar refractivity (Wildman–Crippen MR) is 123 cm³/mol. The number of aryl methyl sites for hydroxylation is 1. The molecule has 0 fully saturated rings. The maximum atomic E-state index is 13.6. The van der Waals surface area contributed by atoms with Crippen molar-refractivity contribution in [3.63, 3.8) is 0 Å². The summed E-state index contributed by atoms with van der Waals surface area (Å²) in [6.45, 7) is 7.86. The number of hydrogen-bond donors (Lipinski definition) is 1. The molecule has 0 saturated carbocycles. The van der Waals surface area contributed by atoms with Crippen LogP contribution in [-0.4, -0.2) is 27.4 Å². The highest BCUT2D eigenvalue weighted by Crippen LogP contribution is 2.27. The molecule has 31 heavy (non-hydrogen) atoms. The van der Waals surface area contributed by atoms with Crippen LogP contribution in [0.3, 0.4) is 0 Å². The van der Waals surface area contributed by atoms with Crippen molar-refractivity contribution in [1.82, 2.24) is 14.5 Å². The Bertz CT molecular complexity index is 1140. The molecule has 1 N–H and O–H groups in total. The number of nitrogens with one attached hydrogen (secondary N) is 1. The Morgan fingerprint density at radius 3 is 2.26 bits per heavy atom. The SMILES string of the molecule is CC(=O)c1c(-c2ccccc2)n(-c2ccccc2C)c(=O)n1CCNC(=O)CC(C)C. The largest absolute Gasteiger partial charge is 0.354 e. The van der Waals surface area contributed by atoms with Gasteiger partial charge in [-0.25, -0.2) is 4.79 Å². The van der Waals surface area contributed by atoms with Gasteiger partial charge in [0.25, 0.3) is 0 Å². The molecule has 0 spiro atoms. The van der Waals surface area contributed by atoms with E-state index in [1.807, 2.05) is 75.4 Å². The van der Waals surface area contributed by atoms with Crippen molar-refractivity contribution in [2.75, 3.05) is 6.54 Å². The van der Waals surface area contributed by atoms with Crippen molar-refractivity contribution >= 4 is 11.7 Å². The van der Waals surface area contributed by atoms with E-state index in [-0.39, 0.29) is 36.4 Å². The maximum Gasteiger partial charge on any atom is 0.333 e. The van der Waals surface area contributed by atoms with Crippen LogP contribution >= 0.6 is 0 Å². The van der Waals surface area contributed by atoms with Crippen molar-refractivity contribution in [3.05, 3.63) is 76.3 Å². The molecule has 1 aromatic heterocycles. The molecule has 2 aromatic carbocycles. The average molecular weight is 420 g/mol. The number of imidazole rings is 1. The van der Waals surface area contributed by atoms with E-state index < -0.39 is 0 Å². The summed E-state index contributed by atoms with van der Waals surface area (Å²) in [5, 5.41) is 2.86. The molecule has 1 amide bonds. The van der Waals surface area contributed by atoms with Gasteiger partial charge in [0.05, 0.1) is 11.4 Å². The van der Waals surface area contributed by atoms with Crippen LogP contribution in [0.5, 0.6) is 0 Å². The number of benzene rings is 2. The standard InChI is InChI=1S/C25H29N3O3/c1-17(2)16-22(30)26-14-15-27-23(19(4)29)24(20-11-6-5-7-12-20)28(25(27)31)21-13-9-8-10-18(21)3/h5-13,17H,14-16H2,1-4H3,(H,26,30). The topological polar surface area (TPSA) is 73.1 Å². The van der Waals surface area contributed by atoms with Gasteiger partial charge < -0.3 is 5.32 Å². The first-order valence-corrected chi connectivity index (χ1v) is 10.6. The van der Waals surface area contributed by atoms with Gasteiger partial charge in [-0.2, -0.15) is 0 Å². The van der Waals surface area contributed by atoms with Crippen molar-refractivity contribution < 1.29 is 9.59 Å². The Morgan fingerprint density at radius 2 is 1.65 bits per heavy atom. The molecule has 0 radical (unpaired) electrons. The predicted octanol–water partition coefficient (Wildman–Crippen LogP) is 3.98. The van der Waals surface area contributed by atoms with Gasteiger partial charge in [-0.15, -0.1) is 0 Å². The number of Topliss-reactive ketones (excluding diaryl/α,β-unsaturated/α-hetero) is 1. The van der Waals surface area contributed by atoms with Crippen molar-refractivity contribution in [1.29, 1.82) is 0 Å². The van der Waals surface area contributed by atoms with E-state index in [4.69, 9.17) is 0 Å². The summed E-state index contributed by atoms with van der Waals surface area (Å²) in [5.74, 6) is -0.00633. The quantitative estimate of drug-likeness (QED) is 0.561. The Hall–Kier alpha value is -3.41. The van der Waals surface area contributed by atoms with E-state index in [0.29, 0.717) is 17.8 Å². The van der Waals surface area contributed by atoms with E-state index in [1.54, 1.807) is 4.57 Å². The molecule has 0 aliphatic carbocycles. The lowest BCUT2D eigenvalue weighted by molar-refractivity contribution is -0.121. The molecule has 0 atom stereocenters. The number of rotatable bonds is 8. The van der Waals surface area contributed by atoms with E-state index in [0.717, 1.165) is 16.8 Å². The monoisotopic (exact) mass is 419 g/mol. The summed E-state index contributed by atoms with van der Waals surface area (Å²) in [7, 11) is 0. The average Bonchev–Trinajstić information content (AvgIpc) is 3.01. The van der Waals surface area contributed by atoms with Crippen molar-refractivity contribution in [2.45, 2.75) is 40.7 Å². The van der Waals surface area contributed by atoms with Crippen LogP contribution in [0, 0.1) is 12.8 Å². The fourth-order valence-corrected chi connectivity index (χ4v) is 3.76. The maximum absolute atomic E-state index is 13.6. The molecule has 162 valence electrons. The van der Waals surface area contributed by atoms with Gasteiger partial charge in [0.2, 0.25) is 5.91 Å². The molecule has 1 heterocycles. The first kappa shape index (κ1) is 22.3. The number of carbonyl (C=O) groups excluding carboxylic acids is 2. The number of para-hydroxylation sites is 1. The summed E-state index contributed by atoms with van der Waals surface area (Å²) in [6, 6.07) is 17.1. The highest BCUT2D eigenvalue weighted by atomic mass is 16.2. The van der Waals surface area contributed by atoms with Gasteiger partial charge in [-0.1, -0.05) is 62.4 Å². The van der Waals surface area contributed by atoms with Crippen LogP contribution in [0.25, 0.3) is 16.9 Å². The molecule has 6 heteroatoms. The smallest absolute Gasteiger partial charge is 0.333 e. The number of carbonyl (C=O) groups is 2. The number of amides is 1. The minimum atomic E-state index is -0.295. The Labute approximate surface area is 182 Å². The summed E-state index contributed by atoms with van der Waals surface area (Å²) in [4.78, 5) is 38.3. The first-order valence-electron chi connectivity index (χ1n) is 10.6. The highest BCUT2D eigenvalue weighted by molar-refractivity contribution is 5.99. The van der Waals surface area contributed by atoms with Crippen molar-refractivity contribution in [3.8, 4) is 16.9 Å². The van der Waals surface area contributed by atoms with E-state index >= 15 is 0 Å². The fraction of sp³-hybridized carbons (Fsp3) is 0.320. The molecule has 0 aliphatic heterocycles. The second kappa shape index (κ2) is 9.60. The zero-order chi connectivity index (χ0) is 22.5. The molecular weight excluding hydrogens is 390 g/mol. The molecule has 3 aromatic rings. The minimum absolute atomic E-state index is 0.0611. The van der Waals surface area contributed by atoms with Crippen LogP contribution in [-0.2, 0) is 11.3 Å². The Balaban J connectivity index is 2.14. The molecular formula is C25H29N3O3. The zero-order valence-electron chi connectivity index (χ0n) is 18.5. The summed E-state index contributed by atoms with van der Waals surface area (Å²) < 4.78 is 3.09. The summed E-state index contributed by atoms with van der Waals surface area (Å²) in [5.41, 5.74) is 3.07. The normalized spacial score (nSPS) is 11.0. The van der Waals surface area contributed by atoms with Crippen LogP contribution in [0.1, 0.15) is 43.2 Å². The highest BCUT2D eigenvalue weighted by Gasteiger charge is 2.25.